The molecule has 0 spiro atoms. The Balaban J connectivity index is 1.75. The standard InChI is InChI=1S/C16H18FNO5/c1-8-2-4-9(5-3-8)7-23-11-6-10-12(15(10,17)13(19)20)16(11,18)14(21)22/h2-5,10-12H,6-7,18H2,1H3,(H,19,20)(H,21,22). The number of carbonyl (C=O) groups is 2. The maximum absolute atomic E-state index is 14.4. The third-order valence-corrected chi connectivity index (χ3v) is 5.07. The Morgan fingerprint density at radius 2 is 1.91 bits per heavy atom. The second-order valence-electron chi connectivity index (χ2n) is 6.42. The van der Waals surface area contributed by atoms with Crippen molar-refractivity contribution in [2.24, 2.45) is 17.6 Å². The van der Waals surface area contributed by atoms with Crippen LogP contribution in [0.25, 0.3) is 0 Å². The summed E-state index contributed by atoms with van der Waals surface area (Å²) in [5.41, 5.74) is 3.24. The van der Waals surface area contributed by atoms with E-state index in [9.17, 15) is 19.1 Å². The molecule has 2 fully saturated rings. The lowest BCUT2D eigenvalue weighted by atomic mass is 9.88. The molecule has 0 saturated heterocycles. The van der Waals surface area contributed by atoms with E-state index in [1.165, 1.54) is 0 Å². The third-order valence-electron chi connectivity index (χ3n) is 5.07. The van der Waals surface area contributed by atoms with Crippen molar-refractivity contribution < 1.29 is 28.9 Å². The Labute approximate surface area is 132 Å². The molecule has 2 aliphatic carbocycles. The molecule has 1 aromatic carbocycles. The van der Waals surface area contributed by atoms with E-state index in [4.69, 9.17) is 15.6 Å². The highest BCUT2D eigenvalue weighted by Crippen LogP contribution is 2.67. The van der Waals surface area contributed by atoms with E-state index in [-0.39, 0.29) is 13.0 Å². The molecular formula is C16H18FNO5. The smallest absolute Gasteiger partial charge is 0.342 e. The highest BCUT2D eigenvalue weighted by molar-refractivity contribution is 5.90. The lowest BCUT2D eigenvalue weighted by Crippen LogP contribution is -2.60. The van der Waals surface area contributed by atoms with Crippen LogP contribution in [-0.4, -0.2) is 39.5 Å². The van der Waals surface area contributed by atoms with Crippen LogP contribution in [0.1, 0.15) is 17.5 Å². The number of benzene rings is 1. The molecule has 3 rings (SSSR count). The van der Waals surface area contributed by atoms with Crippen LogP contribution in [0.3, 0.4) is 0 Å². The average Bonchev–Trinajstić information content (AvgIpc) is 2.96. The van der Waals surface area contributed by atoms with Crippen LogP contribution in [-0.2, 0) is 20.9 Å². The number of fused-ring (bicyclic) bond motifs is 1. The molecule has 23 heavy (non-hydrogen) atoms. The Bertz CT molecular complexity index is 663. The SMILES string of the molecule is Cc1ccc(COC2CC3C(C2(N)C(=O)O)C3(F)C(=O)O)cc1. The number of ether oxygens (including phenoxy) is 1. The molecule has 7 heteroatoms. The Morgan fingerprint density at radius 3 is 2.43 bits per heavy atom. The number of aliphatic carboxylic acids is 2. The van der Waals surface area contributed by atoms with Crippen LogP contribution in [0.4, 0.5) is 4.39 Å². The summed E-state index contributed by atoms with van der Waals surface area (Å²) in [6.45, 7) is 2.08. The van der Waals surface area contributed by atoms with Gasteiger partial charge in [0.15, 0.2) is 0 Å². The fraction of sp³-hybridized carbons (Fsp3) is 0.500. The van der Waals surface area contributed by atoms with E-state index >= 15 is 0 Å². The summed E-state index contributed by atoms with van der Waals surface area (Å²) in [7, 11) is 0. The van der Waals surface area contributed by atoms with Crippen LogP contribution >= 0.6 is 0 Å². The van der Waals surface area contributed by atoms with Gasteiger partial charge in [-0.05, 0) is 18.9 Å². The molecule has 0 aromatic heterocycles. The van der Waals surface area contributed by atoms with Crippen LogP contribution < -0.4 is 5.73 Å². The first-order valence-corrected chi connectivity index (χ1v) is 7.34. The highest BCUT2D eigenvalue weighted by Gasteiger charge is 2.85. The number of aryl methyl sites for hydroxylation is 1. The van der Waals surface area contributed by atoms with Crippen molar-refractivity contribution in [3.8, 4) is 0 Å². The number of hydrogen-bond acceptors (Lipinski definition) is 4. The lowest BCUT2D eigenvalue weighted by molar-refractivity contribution is -0.156. The van der Waals surface area contributed by atoms with Gasteiger partial charge in [0.1, 0.15) is 5.54 Å². The molecule has 1 aromatic rings. The van der Waals surface area contributed by atoms with E-state index in [1.807, 2.05) is 31.2 Å². The van der Waals surface area contributed by atoms with Crippen LogP contribution in [0.2, 0.25) is 0 Å². The van der Waals surface area contributed by atoms with Crippen molar-refractivity contribution in [2.75, 3.05) is 0 Å². The number of carboxylic acid groups (broad SMARTS) is 2. The zero-order valence-corrected chi connectivity index (χ0v) is 12.5. The van der Waals surface area contributed by atoms with Gasteiger partial charge >= 0.3 is 11.9 Å². The summed E-state index contributed by atoms with van der Waals surface area (Å²) < 4.78 is 20.0. The lowest BCUT2D eigenvalue weighted by Gasteiger charge is -2.31. The number of hydrogen-bond donors (Lipinski definition) is 3. The first kappa shape index (κ1) is 15.9. The number of alkyl halides is 1. The number of carboxylic acids is 2. The van der Waals surface area contributed by atoms with E-state index < -0.39 is 41.1 Å². The largest absolute Gasteiger partial charge is 0.480 e. The molecule has 0 radical (unpaired) electrons. The average molecular weight is 323 g/mol. The van der Waals surface area contributed by atoms with Crippen LogP contribution in [0.5, 0.6) is 0 Å². The van der Waals surface area contributed by atoms with Gasteiger partial charge in [0.2, 0.25) is 5.67 Å². The number of halogens is 1. The molecule has 2 saturated carbocycles. The maximum atomic E-state index is 14.4. The van der Waals surface area contributed by atoms with Gasteiger partial charge in [-0.3, -0.25) is 4.79 Å². The molecule has 0 amide bonds. The highest BCUT2D eigenvalue weighted by atomic mass is 19.1. The first-order valence-electron chi connectivity index (χ1n) is 7.34. The molecule has 6 nitrogen and oxygen atoms in total. The Hall–Kier alpha value is -1.99. The topological polar surface area (TPSA) is 110 Å². The number of nitrogens with two attached hydrogens (primary N) is 1. The van der Waals surface area contributed by atoms with Gasteiger partial charge in [-0.2, -0.15) is 0 Å². The second-order valence-corrected chi connectivity index (χ2v) is 6.42. The van der Waals surface area contributed by atoms with Gasteiger partial charge in [0, 0.05) is 11.8 Å². The summed E-state index contributed by atoms with van der Waals surface area (Å²) in [6.07, 6.45) is -0.929. The predicted molar refractivity (Wildman–Crippen MR) is 77.4 cm³/mol. The van der Waals surface area contributed by atoms with Crippen molar-refractivity contribution in [1.29, 1.82) is 0 Å². The fourth-order valence-electron chi connectivity index (χ4n) is 3.69. The van der Waals surface area contributed by atoms with Crippen molar-refractivity contribution in [2.45, 2.75) is 37.3 Å². The monoisotopic (exact) mass is 323 g/mol. The van der Waals surface area contributed by atoms with E-state index in [0.29, 0.717) is 0 Å². The fourth-order valence-corrected chi connectivity index (χ4v) is 3.69. The Kier molecular flexibility index (Phi) is 3.46. The Morgan fingerprint density at radius 1 is 1.30 bits per heavy atom. The molecule has 0 aliphatic heterocycles. The summed E-state index contributed by atoms with van der Waals surface area (Å²) in [5.74, 6) is -5.25. The van der Waals surface area contributed by atoms with Gasteiger partial charge in [-0.15, -0.1) is 0 Å². The zero-order chi connectivity index (χ0) is 17.0. The van der Waals surface area contributed by atoms with E-state index in [2.05, 4.69) is 0 Å². The molecule has 0 bridgehead atoms. The predicted octanol–water partition coefficient (Wildman–Crippen LogP) is 1.10. The van der Waals surface area contributed by atoms with Gasteiger partial charge in [0.25, 0.3) is 0 Å². The normalized spacial score (nSPS) is 38.1. The minimum absolute atomic E-state index is 0.0118. The van der Waals surface area contributed by atoms with Crippen molar-refractivity contribution in [3.05, 3.63) is 35.4 Å². The first-order chi connectivity index (χ1) is 10.7. The zero-order valence-electron chi connectivity index (χ0n) is 12.5. The molecular weight excluding hydrogens is 305 g/mol. The van der Waals surface area contributed by atoms with E-state index in [1.54, 1.807) is 0 Å². The molecule has 5 unspecified atom stereocenters. The quantitative estimate of drug-likeness (QED) is 0.748. The van der Waals surface area contributed by atoms with Gasteiger partial charge < -0.3 is 20.7 Å². The van der Waals surface area contributed by atoms with Crippen molar-refractivity contribution >= 4 is 11.9 Å². The van der Waals surface area contributed by atoms with Gasteiger partial charge in [-0.25, -0.2) is 9.18 Å². The van der Waals surface area contributed by atoms with Crippen molar-refractivity contribution in [3.63, 3.8) is 0 Å². The summed E-state index contributed by atoms with van der Waals surface area (Å²) >= 11 is 0. The maximum Gasteiger partial charge on any atom is 0.342 e. The van der Waals surface area contributed by atoms with Gasteiger partial charge in [0.05, 0.1) is 12.7 Å². The molecule has 4 N–H and O–H groups in total. The third kappa shape index (κ3) is 2.14. The van der Waals surface area contributed by atoms with Crippen molar-refractivity contribution in [1.82, 2.24) is 0 Å². The second kappa shape index (κ2) is 5.01. The summed E-state index contributed by atoms with van der Waals surface area (Å²) in [4.78, 5) is 22.6. The minimum Gasteiger partial charge on any atom is -0.480 e. The molecule has 0 heterocycles. The molecule has 5 atom stereocenters. The summed E-state index contributed by atoms with van der Waals surface area (Å²) in [5, 5.41) is 18.4. The number of rotatable bonds is 5. The van der Waals surface area contributed by atoms with E-state index in [0.717, 1.165) is 11.1 Å². The van der Waals surface area contributed by atoms with Crippen LogP contribution in [0.15, 0.2) is 24.3 Å². The molecule has 124 valence electrons. The minimum atomic E-state index is -2.56. The molecule has 2 aliphatic rings. The summed E-state index contributed by atoms with van der Waals surface area (Å²) in [6, 6.07) is 7.49. The van der Waals surface area contributed by atoms with Gasteiger partial charge in [-0.1, -0.05) is 29.8 Å². The van der Waals surface area contributed by atoms with Crippen LogP contribution in [0, 0.1) is 18.8 Å².